The number of benzene rings is 2. The van der Waals surface area contributed by atoms with E-state index in [1.165, 1.54) is 6.07 Å². The highest BCUT2D eigenvalue weighted by molar-refractivity contribution is 14.1. The molecule has 0 radical (unpaired) electrons. The molecular formula is C14H14FIN2O. The molecule has 0 unspecified atom stereocenters. The number of halogens is 2. The van der Waals surface area contributed by atoms with E-state index in [2.05, 4.69) is 27.9 Å². The molecule has 0 aromatic heterocycles. The molecule has 0 atom stereocenters. The fraction of sp³-hybridized carbons (Fsp3) is 0.143. The summed E-state index contributed by atoms with van der Waals surface area (Å²) >= 11 is 2.23. The van der Waals surface area contributed by atoms with Crippen LogP contribution >= 0.6 is 22.6 Å². The molecule has 0 amide bonds. The van der Waals surface area contributed by atoms with E-state index < -0.39 is 5.82 Å². The Labute approximate surface area is 125 Å². The molecule has 0 heterocycles. The number of hydrogen-bond donors (Lipinski definition) is 2. The predicted molar refractivity (Wildman–Crippen MR) is 84.4 cm³/mol. The summed E-state index contributed by atoms with van der Waals surface area (Å²) < 4.78 is 19.9. The summed E-state index contributed by atoms with van der Waals surface area (Å²) in [4.78, 5) is 0. The minimum absolute atomic E-state index is 0.199. The lowest BCUT2D eigenvalue weighted by molar-refractivity contribution is 0.322. The first kappa shape index (κ1) is 13.9. The van der Waals surface area contributed by atoms with E-state index in [4.69, 9.17) is 10.5 Å². The second-order valence-electron chi connectivity index (χ2n) is 3.93. The normalized spacial score (nSPS) is 10.3. The Morgan fingerprint density at radius 1 is 1.26 bits per heavy atom. The molecule has 5 heteroatoms. The highest BCUT2D eigenvalue weighted by Crippen LogP contribution is 2.30. The molecule has 0 bridgehead atoms. The summed E-state index contributed by atoms with van der Waals surface area (Å²) in [6.45, 7) is 2.21. The van der Waals surface area contributed by atoms with Crippen LogP contribution in [0.15, 0.2) is 36.4 Å². The summed E-state index contributed by atoms with van der Waals surface area (Å²) in [5, 5.41) is 3.15. The molecule has 3 N–H and O–H groups in total. The number of rotatable bonds is 4. The van der Waals surface area contributed by atoms with Gasteiger partial charge in [-0.25, -0.2) is 4.39 Å². The second kappa shape index (κ2) is 6.10. The van der Waals surface area contributed by atoms with Gasteiger partial charge < -0.3 is 15.8 Å². The molecule has 0 aliphatic rings. The van der Waals surface area contributed by atoms with Crippen LogP contribution in [-0.4, -0.2) is 6.61 Å². The third kappa shape index (κ3) is 3.50. The molecule has 0 saturated heterocycles. The smallest absolute Gasteiger partial charge is 0.167 e. The number of hydrogen-bond acceptors (Lipinski definition) is 3. The van der Waals surface area contributed by atoms with Crippen molar-refractivity contribution in [2.45, 2.75) is 6.92 Å². The van der Waals surface area contributed by atoms with Crippen LogP contribution in [0.5, 0.6) is 5.75 Å². The van der Waals surface area contributed by atoms with Crippen LogP contribution in [0.1, 0.15) is 6.92 Å². The SMILES string of the molecule is CCOc1cc(Nc2ccc(I)cc2)c(N)cc1F. The minimum Gasteiger partial charge on any atom is -0.491 e. The molecule has 100 valence electrons. The van der Waals surface area contributed by atoms with Gasteiger partial charge in [-0.05, 0) is 53.8 Å². The molecule has 3 nitrogen and oxygen atoms in total. The van der Waals surface area contributed by atoms with Crippen molar-refractivity contribution in [1.82, 2.24) is 0 Å². The maximum atomic E-state index is 13.6. The first-order chi connectivity index (χ1) is 9.10. The fourth-order valence-corrected chi connectivity index (χ4v) is 1.99. The molecule has 0 aliphatic heterocycles. The van der Waals surface area contributed by atoms with Crippen LogP contribution in [0.3, 0.4) is 0 Å². The highest BCUT2D eigenvalue weighted by atomic mass is 127. The van der Waals surface area contributed by atoms with Gasteiger partial charge in [-0.2, -0.15) is 0 Å². The molecule has 0 spiro atoms. The van der Waals surface area contributed by atoms with E-state index in [9.17, 15) is 4.39 Å². The highest BCUT2D eigenvalue weighted by Gasteiger charge is 2.09. The molecule has 2 aromatic carbocycles. The predicted octanol–water partition coefficient (Wildman–Crippen LogP) is 4.15. The number of ether oxygens (including phenoxy) is 1. The van der Waals surface area contributed by atoms with Gasteiger partial charge in [0.1, 0.15) is 0 Å². The molecule has 2 rings (SSSR count). The fourth-order valence-electron chi connectivity index (χ4n) is 1.63. The quantitative estimate of drug-likeness (QED) is 0.626. The Morgan fingerprint density at radius 3 is 2.58 bits per heavy atom. The van der Waals surface area contributed by atoms with E-state index in [0.717, 1.165) is 9.26 Å². The standard InChI is InChI=1S/C14H14FIN2O/c1-2-19-14-8-13(12(17)7-11(14)15)18-10-5-3-9(16)4-6-10/h3-8,18H,2,17H2,1H3. The zero-order chi connectivity index (χ0) is 13.8. The first-order valence-electron chi connectivity index (χ1n) is 5.84. The van der Waals surface area contributed by atoms with Gasteiger partial charge in [-0.15, -0.1) is 0 Å². The van der Waals surface area contributed by atoms with E-state index in [0.29, 0.717) is 18.0 Å². The number of nitrogen functional groups attached to an aromatic ring is 1. The van der Waals surface area contributed by atoms with Crippen molar-refractivity contribution in [3.8, 4) is 5.75 Å². The van der Waals surface area contributed by atoms with Gasteiger partial charge in [0, 0.05) is 21.4 Å². The van der Waals surface area contributed by atoms with E-state index >= 15 is 0 Å². The lowest BCUT2D eigenvalue weighted by Gasteiger charge is -2.12. The summed E-state index contributed by atoms with van der Waals surface area (Å²) in [6.07, 6.45) is 0. The van der Waals surface area contributed by atoms with Crippen LogP contribution in [0.4, 0.5) is 21.5 Å². The molecule has 0 fully saturated rings. The molecule has 2 aromatic rings. The Balaban J connectivity index is 2.28. The van der Waals surface area contributed by atoms with Crippen molar-refractivity contribution in [3.05, 3.63) is 45.8 Å². The maximum Gasteiger partial charge on any atom is 0.167 e. The Morgan fingerprint density at radius 2 is 1.95 bits per heavy atom. The van der Waals surface area contributed by atoms with Crippen molar-refractivity contribution in [2.75, 3.05) is 17.7 Å². The Hall–Kier alpha value is -1.50. The lowest BCUT2D eigenvalue weighted by Crippen LogP contribution is -2.01. The monoisotopic (exact) mass is 372 g/mol. The zero-order valence-electron chi connectivity index (χ0n) is 10.4. The number of nitrogens with two attached hydrogens (primary N) is 1. The summed E-state index contributed by atoms with van der Waals surface area (Å²) in [6, 6.07) is 10.7. The van der Waals surface area contributed by atoms with E-state index in [1.54, 1.807) is 6.07 Å². The van der Waals surface area contributed by atoms with Crippen molar-refractivity contribution >= 4 is 39.7 Å². The number of nitrogens with one attached hydrogen (secondary N) is 1. The van der Waals surface area contributed by atoms with Gasteiger partial charge in [0.05, 0.1) is 18.0 Å². The van der Waals surface area contributed by atoms with Crippen LogP contribution < -0.4 is 15.8 Å². The summed E-state index contributed by atoms with van der Waals surface area (Å²) in [7, 11) is 0. The Kier molecular flexibility index (Phi) is 4.47. The first-order valence-corrected chi connectivity index (χ1v) is 6.92. The summed E-state index contributed by atoms with van der Waals surface area (Å²) in [5.74, 6) is -0.253. The van der Waals surface area contributed by atoms with Crippen molar-refractivity contribution in [3.63, 3.8) is 0 Å². The average molecular weight is 372 g/mol. The molecule has 0 aliphatic carbocycles. The van der Waals surface area contributed by atoms with Crippen LogP contribution in [0.2, 0.25) is 0 Å². The van der Waals surface area contributed by atoms with Gasteiger partial charge in [-0.3, -0.25) is 0 Å². The van der Waals surface area contributed by atoms with Crippen LogP contribution in [-0.2, 0) is 0 Å². The van der Waals surface area contributed by atoms with E-state index in [1.807, 2.05) is 31.2 Å². The molecular weight excluding hydrogens is 358 g/mol. The molecule has 19 heavy (non-hydrogen) atoms. The zero-order valence-corrected chi connectivity index (χ0v) is 12.6. The third-order valence-corrected chi connectivity index (χ3v) is 3.25. The second-order valence-corrected chi connectivity index (χ2v) is 5.18. The van der Waals surface area contributed by atoms with Gasteiger partial charge in [-0.1, -0.05) is 0 Å². The third-order valence-electron chi connectivity index (χ3n) is 2.53. The maximum absolute atomic E-state index is 13.6. The number of anilines is 3. The van der Waals surface area contributed by atoms with Crippen molar-refractivity contribution in [2.24, 2.45) is 0 Å². The van der Waals surface area contributed by atoms with Gasteiger partial charge >= 0.3 is 0 Å². The molecule has 0 saturated carbocycles. The largest absolute Gasteiger partial charge is 0.491 e. The lowest BCUT2D eigenvalue weighted by atomic mass is 10.2. The summed E-state index contributed by atoms with van der Waals surface area (Å²) in [5.41, 5.74) is 7.67. The van der Waals surface area contributed by atoms with Crippen molar-refractivity contribution < 1.29 is 9.13 Å². The van der Waals surface area contributed by atoms with Crippen LogP contribution in [0, 0.1) is 9.39 Å². The van der Waals surface area contributed by atoms with Crippen LogP contribution in [0.25, 0.3) is 0 Å². The minimum atomic E-state index is -0.451. The van der Waals surface area contributed by atoms with Crippen molar-refractivity contribution in [1.29, 1.82) is 0 Å². The van der Waals surface area contributed by atoms with Gasteiger partial charge in [0.2, 0.25) is 0 Å². The Bertz CT molecular complexity index is 572. The topological polar surface area (TPSA) is 47.3 Å². The van der Waals surface area contributed by atoms with Gasteiger partial charge in [0.15, 0.2) is 11.6 Å². The van der Waals surface area contributed by atoms with Gasteiger partial charge in [0.25, 0.3) is 0 Å². The van der Waals surface area contributed by atoms with E-state index in [-0.39, 0.29) is 5.75 Å². The average Bonchev–Trinajstić information content (AvgIpc) is 2.38.